The molecule has 1 heterocycles. The number of benzene rings is 1. The molecule has 1 N–H and O–H groups in total. The molecule has 3 rings (SSSR count). The van der Waals surface area contributed by atoms with E-state index < -0.39 is 0 Å². The van der Waals surface area contributed by atoms with Gasteiger partial charge in [-0.3, -0.25) is 9.59 Å². The highest BCUT2D eigenvalue weighted by atomic mass is 79.9. The number of halogens is 1. The minimum absolute atomic E-state index is 0.0230. The van der Waals surface area contributed by atoms with Crippen LogP contribution in [0.25, 0.3) is 0 Å². The fourth-order valence-electron chi connectivity index (χ4n) is 3.62. The van der Waals surface area contributed by atoms with Gasteiger partial charge < -0.3 is 10.2 Å². The first kappa shape index (κ1) is 16.5. The Morgan fingerprint density at radius 1 is 1.04 bits per heavy atom. The highest BCUT2D eigenvalue weighted by Gasteiger charge is 2.35. The predicted molar refractivity (Wildman–Crippen MR) is 93.2 cm³/mol. The molecular formula is C18H23BrN2O2. The first-order valence-electron chi connectivity index (χ1n) is 8.52. The van der Waals surface area contributed by atoms with Crippen molar-refractivity contribution in [2.75, 3.05) is 6.54 Å². The molecule has 0 unspecified atom stereocenters. The van der Waals surface area contributed by atoms with Gasteiger partial charge in [-0.1, -0.05) is 31.4 Å². The Balaban J connectivity index is 1.68. The van der Waals surface area contributed by atoms with Crippen molar-refractivity contribution in [2.24, 2.45) is 0 Å². The fourth-order valence-corrected chi connectivity index (χ4v) is 4.07. The van der Waals surface area contributed by atoms with Crippen molar-refractivity contribution in [3.05, 3.63) is 34.3 Å². The fraction of sp³-hybridized carbons (Fsp3) is 0.556. The van der Waals surface area contributed by atoms with E-state index >= 15 is 0 Å². The molecule has 1 aromatic rings. The molecule has 4 nitrogen and oxygen atoms in total. The molecule has 124 valence electrons. The summed E-state index contributed by atoms with van der Waals surface area (Å²) in [6, 6.07) is 7.37. The van der Waals surface area contributed by atoms with Crippen molar-refractivity contribution in [1.29, 1.82) is 0 Å². The molecule has 0 radical (unpaired) electrons. The van der Waals surface area contributed by atoms with Crippen LogP contribution in [0.5, 0.6) is 0 Å². The van der Waals surface area contributed by atoms with Crippen LogP contribution in [-0.4, -0.2) is 35.3 Å². The Bertz CT molecular complexity index is 584. The van der Waals surface area contributed by atoms with Gasteiger partial charge in [-0.25, -0.2) is 0 Å². The molecule has 0 aromatic heterocycles. The summed E-state index contributed by atoms with van der Waals surface area (Å²) in [7, 11) is 0. The quantitative estimate of drug-likeness (QED) is 0.874. The van der Waals surface area contributed by atoms with E-state index in [-0.39, 0.29) is 23.9 Å². The summed E-state index contributed by atoms with van der Waals surface area (Å²) in [5.41, 5.74) is 0.630. The monoisotopic (exact) mass is 378 g/mol. The molecule has 2 aliphatic rings. The van der Waals surface area contributed by atoms with Crippen molar-refractivity contribution in [2.45, 2.75) is 57.0 Å². The van der Waals surface area contributed by atoms with E-state index in [1.807, 2.05) is 18.2 Å². The number of amides is 2. The standard InChI is InChI=1S/C18H23BrN2O2/c19-15-10-5-4-9-14(15)18(23)21-12-6-11-16(21)17(22)20-13-7-2-1-3-8-13/h4-5,9-10,13,16H,1-3,6-8,11-12H2,(H,20,22)/t16-/m0/s1. The minimum atomic E-state index is -0.323. The summed E-state index contributed by atoms with van der Waals surface area (Å²) in [6.45, 7) is 0.656. The van der Waals surface area contributed by atoms with Crippen LogP contribution >= 0.6 is 15.9 Å². The van der Waals surface area contributed by atoms with Gasteiger partial charge in [0, 0.05) is 17.1 Å². The van der Waals surface area contributed by atoms with E-state index in [0.29, 0.717) is 12.1 Å². The molecule has 1 aromatic carbocycles. The van der Waals surface area contributed by atoms with Gasteiger partial charge in [0.05, 0.1) is 5.56 Å². The summed E-state index contributed by atoms with van der Waals surface area (Å²) in [4.78, 5) is 27.2. The topological polar surface area (TPSA) is 49.4 Å². The Kier molecular flexibility index (Phi) is 5.36. The van der Waals surface area contributed by atoms with Crippen LogP contribution in [0.3, 0.4) is 0 Å². The van der Waals surface area contributed by atoms with Crippen LogP contribution in [0.4, 0.5) is 0 Å². The number of rotatable bonds is 3. The highest BCUT2D eigenvalue weighted by molar-refractivity contribution is 9.10. The third-order valence-corrected chi connectivity index (χ3v) is 5.56. The van der Waals surface area contributed by atoms with Crippen LogP contribution in [0.2, 0.25) is 0 Å². The highest BCUT2D eigenvalue weighted by Crippen LogP contribution is 2.25. The first-order chi connectivity index (χ1) is 11.2. The van der Waals surface area contributed by atoms with Gasteiger partial charge in [0.15, 0.2) is 0 Å². The lowest BCUT2D eigenvalue weighted by Crippen LogP contribution is -2.49. The zero-order valence-electron chi connectivity index (χ0n) is 13.3. The molecule has 1 aliphatic heterocycles. The molecule has 0 bridgehead atoms. The Morgan fingerprint density at radius 3 is 2.52 bits per heavy atom. The lowest BCUT2D eigenvalue weighted by molar-refractivity contribution is -0.125. The van der Waals surface area contributed by atoms with Crippen LogP contribution in [0, 0.1) is 0 Å². The largest absolute Gasteiger partial charge is 0.352 e. The van der Waals surface area contributed by atoms with Gasteiger partial charge in [-0.05, 0) is 53.7 Å². The molecule has 1 atom stereocenters. The molecule has 1 saturated heterocycles. The van der Waals surface area contributed by atoms with Crippen molar-refractivity contribution >= 4 is 27.7 Å². The summed E-state index contributed by atoms with van der Waals surface area (Å²) < 4.78 is 0.781. The number of likely N-dealkylation sites (tertiary alicyclic amines) is 1. The second kappa shape index (κ2) is 7.47. The number of hydrogen-bond acceptors (Lipinski definition) is 2. The smallest absolute Gasteiger partial charge is 0.255 e. The molecule has 2 amide bonds. The summed E-state index contributed by atoms with van der Waals surface area (Å²) in [5, 5.41) is 3.17. The molecule has 1 aliphatic carbocycles. The number of nitrogens with zero attached hydrogens (tertiary/aromatic N) is 1. The number of hydrogen-bond donors (Lipinski definition) is 1. The summed E-state index contributed by atoms with van der Waals surface area (Å²) in [5.74, 6) is -0.0337. The van der Waals surface area contributed by atoms with Crippen LogP contribution in [-0.2, 0) is 4.79 Å². The minimum Gasteiger partial charge on any atom is -0.352 e. The lowest BCUT2D eigenvalue weighted by atomic mass is 9.95. The first-order valence-corrected chi connectivity index (χ1v) is 9.32. The van der Waals surface area contributed by atoms with Gasteiger partial charge >= 0.3 is 0 Å². The normalized spacial score (nSPS) is 22.1. The Labute approximate surface area is 145 Å². The molecule has 1 saturated carbocycles. The maximum atomic E-state index is 12.8. The van der Waals surface area contributed by atoms with Crippen LogP contribution in [0.15, 0.2) is 28.7 Å². The van der Waals surface area contributed by atoms with Crippen LogP contribution < -0.4 is 5.32 Å². The van der Waals surface area contributed by atoms with E-state index in [9.17, 15) is 9.59 Å². The third kappa shape index (κ3) is 3.77. The number of nitrogens with one attached hydrogen (secondary N) is 1. The summed E-state index contributed by atoms with van der Waals surface area (Å²) in [6.07, 6.45) is 7.42. The molecule has 2 fully saturated rings. The molecule has 5 heteroatoms. The average Bonchev–Trinajstić information content (AvgIpc) is 3.05. The average molecular weight is 379 g/mol. The van der Waals surface area contributed by atoms with E-state index in [1.54, 1.807) is 11.0 Å². The summed E-state index contributed by atoms with van der Waals surface area (Å²) >= 11 is 3.43. The van der Waals surface area contributed by atoms with Gasteiger partial charge in [0.2, 0.25) is 5.91 Å². The number of carbonyl (C=O) groups is 2. The maximum Gasteiger partial charge on any atom is 0.255 e. The molecule has 23 heavy (non-hydrogen) atoms. The Hall–Kier alpha value is -1.36. The lowest BCUT2D eigenvalue weighted by Gasteiger charge is -2.28. The third-order valence-electron chi connectivity index (χ3n) is 4.87. The van der Waals surface area contributed by atoms with Crippen LogP contribution in [0.1, 0.15) is 55.3 Å². The van der Waals surface area contributed by atoms with Gasteiger partial charge in [0.25, 0.3) is 5.91 Å². The van der Waals surface area contributed by atoms with Crippen molar-refractivity contribution in [1.82, 2.24) is 10.2 Å². The molecule has 0 spiro atoms. The predicted octanol–water partition coefficient (Wildman–Crippen LogP) is 3.50. The van der Waals surface area contributed by atoms with Gasteiger partial charge in [-0.15, -0.1) is 0 Å². The maximum absolute atomic E-state index is 12.8. The zero-order valence-corrected chi connectivity index (χ0v) is 14.8. The van der Waals surface area contributed by atoms with Crippen molar-refractivity contribution in [3.8, 4) is 0 Å². The number of carbonyl (C=O) groups excluding carboxylic acids is 2. The zero-order chi connectivity index (χ0) is 16.2. The van der Waals surface area contributed by atoms with E-state index in [2.05, 4.69) is 21.2 Å². The van der Waals surface area contributed by atoms with E-state index in [1.165, 1.54) is 19.3 Å². The molecular weight excluding hydrogens is 356 g/mol. The van der Waals surface area contributed by atoms with E-state index in [4.69, 9.17) is 0 Å². The van der Waals surface area contributed by atoms with Gasteiger partial charge in [-0.2, -0.15) is 0 Å². The van der Waals surface area contributed by atoms with Crippen molar-refractivity contribution < 1.29 is 9.59 Å². The Morgan fingerprint density at radius 2 is 1.78 bits per heavy atom. The van der Waals surface area contributed by atoms with Crippen molar-refractivity contribution in [3.63, 3.8) is 0 Å². The SMILES string of the molecule is O=C(NC1CCCCC1)[C@@H]1CCCN1C(=O)c1ccccc1Br. The van der Waals surface area contributed by atoms with E-state index in [0.717, 1.165) is 30.2 Å². The second-order valence-electron chi connectivity index (χ2n) is 6.48. The van der Waals surface area contributed by atoms with Gasteiger partial charge in [0.1, 0.15) is 6.04 Å². The second-order valence-corrected chi connectivity index (χ2v) is 7.33.